The van der Waals surface area contributed by atoms with E-state index in [4.69, 9.17) is 0 Å². The van der Waals surface area contributed by atoms with Gasteiger partial charge in [-0.05, 0) is 18.1 Å². The normalized spacial score (nSPS) is 10.8. The van der Waals surface area contributed by atoms with E-state index >= 15 is 0 Å². The Balaban J connectivity index is 1.57. The van der Waals surface area contributed by atoms with E-state index in [-0.39, 0.29) is 5.91 Å². The standard InChI is InChI=1S/C20H21N3OS/c1-2-18-22-17-11-7-6-10-16(17)20(23-18)25-14-19(24)21-13-12-15-8-4-3-5-9-15/h3-11H,2,12-14H2,1H3,(H,21,24). The van der Waals surface area contributed by atoms with Gasteiger partial charge in [-0.2, -0.15) is 0 Å². The molecular formula is C20H21N3OS. The van der Waals surface area contributed by atoms with Crippen molar-refractivity contribution in [3.8, 4) is 0 Å². The maximum absolute atomic E-state index is 12.1. The summed E-state index contributed by atoms with van der Waals surface area (Å²) in [5.74, 6) is 1.20. The van der Waals surface area contributed by atoms with Crippen molar-refractivity contribution in [1.29, 1.82) is 0 Å². The van der Waals surface area contributed by atoms with E-state index in [1.807, 2.05) is 49.4 Å². The van der Waals surface area contributed by atoms with Gasteiger partial charge in [-0.1, -0.05) is 67.2 Å². The van der Waals surface area contributed by atoms with Gasteiger partial charge < -0.3 is 5.32 Å². The lowest BCUT2D eigenvalue weighted by molar-refractivity contribution is -0.118. The Labute approximate surface area is 152 Å². The fourth-order valence-electron chi connectivity index (χ4n) is 2.54. The van der Waals surface area contributed by atoms with Crippen molar-refractivity contribution in [2.45, 2.75) is 24.8 Å². The number of hydrogen-bond acceptors (Lipinski definition) is 4. The summed E-state index contributed by atoms with van der Waals surface area (Å²) in [5.41, 5.74) is 2.16. The van der Waals surface area contributed by atoms with Crippen LogP contribution in [0.15, 0.2) is 59.6 Å². The minimum atomic E-state index is 0.0293. The van der Waals surface area contributed by atoms with E-state index < -0.39 is 0 Å². The number of carbonyl (C=O) groups excluding carboxylic acids is 1. The second-order valence-electron chi connectivity index (χ2n) is 5.69. The average molecular weight is 351 g/mol. The summed E-state index contributed by atoms with van der Waals surface area (Å²) < 4.78 is 0. The van der Waals surface area contributed by atoms with Crippen LogP contribution in [0.1, 0.15) is 18.3 Å². The number of nitrogens with one attached hydrogen (secondary N) is 1. The number of aryl methyl sites for hydroxylation is 1. The number of benzene rings is 2. The molecule has 3 aromatic rings. The first-order valence-corrected chi connectivity index (χ1v) is 9.44. The summed E-state index contributed by atoms with van der Waals surface area (Å²) in [4.78, 5) is 21.3. The van der Waals surface area contributed by atoms with Gasteiger partial charge in [-0.3, -0.25) is 4.79 Å². The van der Waals surface area contributed by atoms with Gasteiger partial charge in [-0.25, -0.2) is 9.97 Å². The van der Waals surface area contributed by atoms with E-state index in [0.29, 0.717) is 12.3 Å². The zero-order valence-corrected chi connectivity index (χ0v) is 15.1. The minimum Gasteiger partial charge on any atom is -0.355 e. The Hall–Kier alpha value is -2.40. The fourth-order valence-corrected chi connectivity index (χ4v) is 3.41. The molecule has 0 fully saturated rings. The van der Waals surface area contributed by atoms with Crippen LogP contribution in [0, 0.1) is 0 Å². The van der Waals surface area contributed by atoms with E-state index in [0.717, 1.165) is 34.6 Å². The number of nitrogens with zero attached hydrogens (tertiary/aromatic N) is 2. The molecule has 0 radical (unpaired) electrons. The summed E-state index contributed by atoms with van der Waals surface area (Å²) in [6, 6.07) is 18.1. The topological polar surface area (TPSA) is 54.9 Å². The van der Waals surface area contributed by atoms with Crippen LogP contribution >= 0.6 is 11.8 Å². The molecule has 2 aromatic carbocycles. The third-order valence-electron chi connectivity index (χ3n) is 3.85. The molecule has 1 heterocycles. The summed E-state index contributed by atoms with van der Waals surface area (Å²) in [6.45, 7) is 2.68. The van der Waals surface area contributed by atoms with Crippen molar-refractivity contribution >= 4 is 28.6 Å². The Bertz CT molecular complexity index is 852. The summed E-state index contributed by atoms with van der Waals surface area (Å²) in [5, 5.41) is 4.85. The molecule has 0 atom stereocenters. The smallest absolute Gasteiger partial charge is 0.230 e. The van der Waals surface area contributed by atoms with Gasteiger partial charge in [0.2, 0.25) is 5.91 Å². The van der Waals surface area contributed by atoms with Crippen LogP contribution in [0.25, 0.3) is 10.9 Å². The molecule has 25 heavy (non-hydrogen) atoms. The highest BCUT2D eigenvalue weighted by molar-refractivity contribution is 8.00. The molecule has 0 spiro atoms. The van der Waals surface area contributed by atoms with E-state index in [9.17, 15) is 4.79 Å². The lowest BCUT2D eigenvalue weighted by Gasteiger charge is -2.08. The van der Waals surface area contributed by atoms with Gasteiger partial charge in [0.25, 0.3) is 0 Å². The Morgan fingerprint density at radius 3 is 2.60 bits per heavy atom. The van der Waals surface area contributed by atoms with E-state index in [1.54, 1.807) is 0 Å². The molecule has 1 amide bonds. The zero-order valence-electron chi connectivity index (χ0n) is 14.2. The first-order valence-electron chi connectivity index (χ1n) is 8.45. The van der Waals surface area contributed by atoms with Crippen LogP contribution in [0.5, 0.6) is 0 Å². The Morgan fingerprint density at radius 2 is 1.80 bits per heavy atom. The van der Waals surface area contributed by atoms with Crippen LogP contribution in [0.4, 0.5) is 0 Å². The van der Waals surface area contributed by atoms with Crippen LogP contribution in [0.3, 0.4) is 0 Å². The van der Waals surface area contributed by atoms with E-state index in [2.05, 4.69) is 27.4 Å². The van der Waals surface area contributed by atoms with Gasteiger partial charge in [0.15, 0.2) is 0 Å². The second-order valence-corrected chi connectivity index (χ2v) is 6.65. The predicted molar refractivity (Wildman–Crippen MR) is 103 cm³/mol. The number of carbonyl (C=O) groups is 1. The molecule has 0 saturated heterocycles. The predicted octanol–water partition coefficient (Wildman–Crippen LogP) is 3.64. The average Bonchev–Trinajstić information content (AvgIpc) is 2.66. The molecule has 0 bridgehead atoms. The van der Waals surface area contributed by atoms with Crippen LogP contribution in [-0.4, -0.2) is 28.2 Å². The zero-order chi connectivity index (χ0) is 17.5. The van der Waals surface area contributed by atoms with Crippen molar-refractivity contribution in [3.05, 3.63) is 66.0 Å². The maximum atomic E-state index is 12.1. The van der Waals surface area contributed by atoms with E-state index in [1.165, 1.54) is 17.3 Å². The molecule has 0 aliphatic rings. The van der Waals surface area contributed by atoms with Crippen molar-refractivity contribution < 1.29 is 4.79 Å². The number of para-hydroxylation sites is 1. The Morgan fingerprint density at radius 1 is 1.04 bits per heavy atom. The van der Waals surface area contributed by atoms with Gasteiger partial charge >= 0.3 is 0 Å². The minimum absolute atomic E-state index is 0.0293. The molecule has 0 saturated carbocycles. The third kappa shape index (κ3) is 4.79. The SMILES string of the molecule is CCc1nc(SCC(=O)NCCc2ccccc2)c2ccccc2n1. The van der Waals surface area contributed by atoms with Crippen molar-refractivity contribution in [2.75, 3.05) is 12.3 Å². The quantitative estimate of drug-likeness (QED) is 0.521. The van der Waals surface area contributed by atoms with Crippen LogP contribution in [0.2, 0.25) is 0 Å². The third-order valence-corrected chi connectivity index (χ3v) is 4.84. The van der Waals surface area contributed by atoms with Gasteiger partial charge in [0.1, 0.15) is 10.9 Å². The Kier molecular flexibility index (Phi) is 6.01. The fraction of sp³-hybridized carbons (Fsp3) is 0.250. The maximum Gasteiger partial charge on any atom is 0.230 e. The highest BCUT2D eigenvalue weighted by atomic mass is 32.2. The number of hydrogen-bond donors (Lipinski definition) is 1. The number of fused-ring (bicyclic) bond motifs is 1. The number of amides is 1. The highest BCUT2D eigenvalue weighted by Gasteiger charge is 2.09. The second kappa shape index (κ2) is 8.62. The monoisotopic (exact) mass is 351 g/mol. The number of rotatable bonds is 7. The summed E-state index contributed by atoms with van der Waals surface area (Å²) in [7, 11) is 0. The largest absolute Gasteiger partial charge is 0.355 e. The first-order chi connectivity index (χ1) is 12.3. The van der Waals surface area contributed by atoms with Crippen LogP contribution in [-0.2, 0) is 17.6 Å². The summed E-state index contributed by atoms with van der Waals surface area (Å²) in [6.07, 6.45) is 1.62. The first kappa shape index (κ1) is 17.4. The number of thioether (sulfide) groups is 1. The summed E-state index contributed by atoms with van der Waals surface area (Å²) >= 11 is 1.47. The van der Waals surface area contributed by atoms with Gasteiger partial charge in [0, 0.05) is 18.4 Å². The van der Waals surface area contributed by atoms with Crippen LogP contribution < -0.4 is 5.32 Å². The molecule has 1 aromatic heterocycles. The van der Waals surface area contributed by atoms with Gasteiger partial charge in [-0.15, -0.1) is 0 Å². The molecule has 128 valence electrons. The number of aromatic nitrogens is 2. The van der Waals surface area contributed by atoms with Crippen molar-refractivity contribution in [2.24, 2.45) is 0 Å². The molecule has 3 rings (SSSR count). The molecule has 0 aliphatic heterocycles. The molecular weight excluding hydrogens is 330 g/mol. The lowest BCUT2D eigenvalue weighted by Crippen LogP contribution is -2.27. The lowest BCUT2D eigenvalue weighted by atomic mass is 10.1. The molecule has 5 heteroatoms. The van der Waals surface area contributed by atoms with Gasteiger partial charge in [0.05, 0.1) is 11.3 Å². The molecule has 0 unspecified atom stereocenters. The molecule has 0 aliphatic carbocycles. The molecule has 1 N–H and O–H groups in total. The van der Waals surface area contributed by atoms with Crippen molar-refractivity contribution in [1.82, 2.24) is 15.3 Å². The highest BCUT2D eigenvalue weighted by Crippen LogP contribution is 2.25. The van der Waals surface area contributed by atoms with Crippen molar-refractivity contribution in [3.63, 3.8) is 0 Å². The molecule has 4 nitrogen and oxygen atoms in total.